The molecule has 0 spiro atoms. The molecule has 7 heteroatoms. The molecule has 0 bridgehead atoms. The molecule has 2 aliphatic rings. The number of ether oxygens (including phenoxy) is 1. The number of nitrogens with zero attached hydrogens (tertiary/aromatic N) is 3. The van der Waals surface area contributed by atoms with Gasteiger partial charge in [-0.2, -0.15) is 0 Å². The predicted molar refractivity (Wildman–Crippen MR) is 83.6 cm³/mol. The maximum atomic E-state index is 12.4. The van der Waals surface area contributed by atoms with Crippen LogP contribution in [-0.4, -0.2) is 64.4 Å². The zero-order valence-electron chi connectivity index (χ0n) is 13.6. The summed E-state index contributed by atoms with van der Waals surface area (Å²) in [4.78, 5) is 35.1. The first-order chi connectivity index (χ1) is 11.1. The molecule has 3 heterocycles. The molecule has 1 aromatic rings. The van der Waals surface area contributed by atoms with Gasteiger partial charge < -0.3 is 19.5 Å². The van der Waals surface area contributed by atoms with E-state index >= 15 is 0 Å². The number of carbonyl (C=O) groups excluding carboxylic acids is 2. The third-order valence-electron chi connectivity index (χ3n) is 4.44. The van der Waals surface area contributed by atoms with Gasteiger partial charge in [0, 0.05) is 44.4 Å². The maximum absolute atomic E-state index is 12.4. The van der Waals surface area contributed by atoms with Crippen molar-refractivity contribution in [2.45, 2.75) is 38.7 Å². The third kappa shape index (κ3) is 3.90. The maximum Gasteiger partial charge on any atom is 0.222 e. The minimum absolute atomic E-state index is 0.133. The van der Waals surface area contributed by atoms with E-state index in [1.165, 1.54) is 0 Å². The molecule has 1 N–H and O–H groups in total. The number of morpholine rings is 1. The molecule has 2 aliphatic heterocycles. The first-order valence-electron chi connectivity index (χ1n) is 8.32. The van der Waals surface area contributed by atoms with E-state index in [4.69, 9.17) is 4.74 Å². The highest BCUT2D eigenvalue weighted by atomic mass is 16.5. The van der Waals surface area contributed by atoms with Gasteiger partial charge in [0.15, 0.2) is 0 Å². The number of carbonyl (C=O) groups is 2. The Balaban J connectivity index is 1.46. The average Bonchev–Trinajstić information content (AvgIpc) is 3.16. The molecule has 1 aromatic heterocycles. The number of imidazole rings is 1. The second-order valence-corrected chi connectivity index (χ2v) is 6.24. The van der Waals surface area contributed by atoms with Crippen molar-refractivity contribution < 1.29 is 14.3 Å². The van der Waals surface area contributed by atoms with Crippen molar-refractivity contribution in [1.82, 2.24) is 19.8 Å². The summed E-state index contributed by atoms with van der Waals surface area (Å²) in [6.45, 7) is 5.16. The molecule has 7 nitrogen and oxygen atoms in total. The Morgan fingerprint density at radius 2 is 2.35 bits per heavy atom. The van der Waals surface area contributed by atoms with Crippen LogP contribution in [0.5, 0.6) is 0 Å². The van der Waals surface area contributed by atoms with Gasteiger partial charge in [-0.3, -0.25) is 9.59 Å². The summed E-state index contributed by atoms with van der Waals surface area (Å²) in [5, 5.41) is 0. The lowest BCUT2D eigenvalue weighted by molar-refractivity contribution is -0.139. The highest BCUT2D eigenvalue weighted by molar-refractivity contribution is 5.78. The molecular weight excluding hydrogens is 296 g/mol. The number of hydrogen-bond acceptors (Lipinski definition) is 4. The Hall–Kier alpha value is -1.89. The van der Waals surface area contributed by atoms with Gasteiger partial charge in [0.05, 0.1) is 13.2 Å². The number of rotatable bonds is 5. The second kappa shape index (κ2) is 7.12. The van der Waals surface area contributed by atoms with Crippen molar-refractivity contribution in [3.63, 3.8) is 0 Å². The van der Waals surface area contributed by atoms with Gasteiger partial charge in [-0.1, -0.05) is 0 Å². The molecule has 3 rings (SSSR count). The van der Waals surface area contributed by atoms with Crippen LogP contribution in [0, 0.1) is 6.92 Å². The molecule has 1 atom stereocenters. The van der Waals surface area contributed by atoms with Crippen LogP contribution in [0.1, 0.15) is 43.3 Å². The van der Waals surface area contributed by atoms with Crippen molar-refractivity contribution >= 4 is 11.8 Å². The number of aromatic nitrogens is 2. The lowest BCUT2D eigenvalue weighted by atomic mass is 10.2. The predicted octanol–water partition coefficient (Wildman–Crippen LogP) is 1.02. The summed E-state index contributed by atoms with van der Waals surface area (Å²) >= 11 is 0. The molecule has 2 fully saturated rings. The van der Waals surface area contributed by atoms with Crippen LogP contribution >= 0.6 is 0 Å². The molecule has 0 aliphatic carbocycles. The van der Waals surface area contributed by atoms with Gasteiger partial charge in [-0.05, 0) is 19.8 Å². The lowest BCUT2D eigenvalue weighted by Gasteiger charge is -2.32. The van der Waals surface area contributed by atoms with Crippen molar-refractivity contribution in [1.29, 1.82) is 0 Å². The normalized spacial score (nSPS) is 22.0. The molecular formula is C16H24N4O3. The Labute approximate surface area is 136 Å². The van der Waals surface area contributed by atoms with E-state index < -0.39 is 0 Å². The number of aryl methyl sites for hydroxylation is 1. The van der Waals surface area contributed by atoms with Crippen LogP contribution in [0.3, 0.4) is 0 Å². The number of H-pyrrole nitrogens is 1. The van der Waals surface area contributed by atoms with Crippen LogP contribution in [0.25, 0.3) is 0 Å². The van der Waals surface area contributed by atoms with Crippen molar-refractivity contribution in [2.75, 3.05) is 32.8 Å². The fourth-order valence-electron chi connectivity index (χ4n) is 3.16. The Bertz CT molecular complexity index is 571. The Kier molecular flexibility index (Phi) is 4.95. The van der Waals surface area contributed by atoms with Crippen LogP contribution in [0.2, 0.25) is 0 Å². The number of hydrogen-bond donors (Lipinski definition) is 1. The van der Waals surface area contributed by atoms with Gasteiger partial charge in [0.2, 0.25) is 11.8 Å². The summed E-state index contributed by atoms with van der Waals surface area (Å²) in [5.74, 6) is 1.13. The van der Waals surface area contributed by atoms with E-state index in [2.05, 4.69) is 9.97 Å². The van der Waals surface area contributed by atoms with Crippen molar-refractivity contribution in [3.05, 3.63) is 17.7 Å². The first kappa shape index (κ1) is 16.0. The molecule has 0 radical (unpaired) electrons. The molecule has 2 amide bonds. The summed E-state index contributed by atoms with van der Waals surface area (Å²) in [6, 6.07) is 0. The number of aromatic amines is 1. The molecule has 2 saturated heterocycles. The van der Waals surface area contributed by atoms with Gasteiger partial charge in [-0.15, -0.1) is 0 Å². The SMILES string of the molecule is Cc1cnc([C@H]2CN(C(=O)CCCN3CCCC3=O)CCO2)[nH]1. The highest BCUT2D eigenvalue weighted by Crippen LogP contribution is 2.20. The second-order valence-electron chi connectivity index (χ2n) is 6.24. The van der Waals surface area contributed by atoms with Gasteiger partial charge in [0.25, 0.3) is 0 Å². The summed E-state index contributed by atoms with van der Waals surface area (Å²) < 4.78 is 5.72. The topological polar surface area (TPSA) is 78.5 Å². The fraction of sp³-hybridized carbons (Fsp3) is 0.688. The highest BCUT2D eigenvalue weighted by Gasteiger charge is 2.27. The molecule has 126 valence electrons. The number of likely N-dealkylation sites (tertiary alicyclic amines) is 1. The third-order valence-corrected chi connectivity index (χ3v) is 4.44. The largest absolute Gasteiger partial charge is 0.367 e. The smallest absolute Gasteiger partial charge is 0.222 e. The van der Waals surface area contributed by atoms with Crippen LogP contribution in [-0.2, 0) is 14.3 Å². The molecule has 0 aromatic carbocycles. The molecule has 0 saturated carbocycles. The molecule has 0 unspecified atom stereocenters. The van der Waals surface area contributed by atoms with E-state index in [1.54, 1.807) is 6.20 Å². The Morgan fingerprint density at radius 3 is 3.04 bits per heavy atom. The summed E-state index contributed by atoms with van der Waals surface area (Å²) in [6.07, 6.45) is 4.40. The van der Waals surface area contributed by atoms with E-state index in [0.29, 0.717) is 39.1 Å². The van der Waals surface area contributed by atoms with E-state index in [0.717, 1.165) is 30.9 Å². The quantitative estimate of drug-likeness (QED) is 0.878. The van der Waals surface area contributed by atoms with Crippen LogP contribution in [0.15, 0.2) is 6.20 Å². The first-order valence-corrected chi connectivity index (χ1v) is 8.32. The fourth-order valence-corrected chi connectivity index (χ4v) is 3.16. The lowest BCUT2D eigenvalue weighted by Crippen LogP contribution is -2.42. The monoisotopic (exact) mass is 320 g/mol. The number of nitrogens with one attached hydrogen (secondary N) is 1. The van der Waals surface area contributed by atoms with E-state index in [-0.39, 0.29) is 17.9 Å². The Morgan fingerprint density at radius 1 is 1.48 bits per heavy atom. The van der Waals surface area contributed by atoms with Gasteiger partial charge in [-0.25, -0.2) is 4.98 Å². The van der Waals surface area contributed by atoms with Gasteiger partial charge >= 0.3 is 0 Å². The van der Waals surface area contributed by atoms with Crippen molar-refractivity contribution in [3.8, 4) is 0 Å². The van der Waals surface area contributed by atoms with E-state index in [1.807, 2.05) is 16.7 Å². The molecule has 23 heavy (non-hydrogen) atoms. The summed E-state index contributed by atoms with van der Waals surface area (Å²) in [7, 11) is 0. The van der Waals surface area contributed by atoms with Crippen LogP contribution < -0.4 is 0 Å². The zero-order valence-corrected chi connectivity index (χ0v) is 13.6. The van der Waals surface area contributed by atoms with Crippen molar-refractivity contribution in [2.24, 2.45) is 0 Å². The number of amides is 2. The zero-order chi connectivity index (χ0) is 16.2. The summed E-state index contributed by atoms with van der Waals surface area (Å²) in [5.41, 5.74) is 0.988. The standard InChI is InChI=1S/C16H24N4O3/c1-12-10-17-16(18-12)13-11-20(8-9-23-13)15(22)5-3-7-19-6-2-4-14(19)21/h10,13H,2-9,11H2,1H3,(H,17,18)/t13-/m1/s1. The van der Waals surface area contributed by atoms with Gasteiger partial charge in [0.1, 0.15) is 11.9 Å². The average molecular weight is 320 g/mol. The van der Waals surface area contributed by atoms with Crippen LogP contribution in [0.4, 0.5) is 0 Å². The van der Waals surface area contributed by atoms with E-state index in [9.17, 15) is 9.59 Å². The minimum atomic E-state index is -0.179. The minimum Gasteiger partial charge on any atom is -0.367 e.